The predicted octanol–water partition coefficient (Wildman–Crippen LogP) is 1.47. The summed E-state index contributed by atoms with van der Waals surface area (Å²) in [6, 6.07) is 3.90. The van der Waals surface area contributed by atoms with Gasteiger partial charge in [-0.25, -0.2) is 0 Å². The molecular weight excluding hydrogens is 234 g/mol. The molecule has 1 rings (SSSR count). The number of nitro benzene ring substituents is 1. The molecule has 0 aromatic heterocycles. The van der Waals surface area contributed by atoms with E-state index in [1.54, 1.807) is 6.07 Å². The van der Waals surface area contributed by atoms with Gasteiger partial charge in [-0.05, 0) is 12.1 Å². The zero-order chi connectivity index (χ0) is 12.3. The smallest absolute Gasteiger partial charge is 0.298 e. The monoisotopic (exact) mass is 239 g/mol. The number of carbonyl (C=O) groups excluding carboxylic acids is 1. The Morgan fingerprint density at radius 1 is 1.62 bits per heavy atom. The number of Topliss-reactive ketones (excluding diaryl/α,β-unsaturated/α-hetero) is 1. The third-order valence-electron chi connectivity index (χ3n) is 1.86. The molecule has 16 heavy (non-hydrogen) atoms. The molecule has 1 aromatic carbocycles. The fraction of sp³-hybridized carbons (Fsp3) is 0.111. The Kier molecular flexibility index (Phi) is 3.43. The normalized spacial score (nSPS) is 9.50. The number of nitrogen functional groups attached to an aromatic ring is 1. The van der Waals surface area contributed by atoms with Crippen molar-refractivity contribution in [2.45, 2.75) is 0 Å². The van der Waals surface area contributed by atoms with Crippen molar-refractivity contribution in [1.82, 2.24) is 0 Å². The second kappa shape index (κ2) is 4.59. The van der Waals surface area contributed by atoms with E-state index in [1.165, 1.54) is 0 Å². The molecule has 7 heteroatoms. The van der Waals surface area contributed by atoms with Crippen LogP contribution in [0.25, 0.3) is 0 Å². The van der Waals surface area contributed by atoms with Crippen LogP contribution in [-0.4, -0.2) is 16.6 Å². The van der Waals surface area contributed by atoms with Gasteiger partial charge >= 0.3 is 0 Å². The topological polar surface area (TPSA) is 110 Å². The van der Waals surface area contributed by atoms with Crippen molar-refractivity contribution in [2.75, 3.05) is 11.6 Å². The van der Waals surface area contributed by atoms with Gasteiger partial charge in [-0.1, -0.05) is 0 Å². The zero-order valence-corrected chi connectivity index (χ0v) is 8.69. The zero-order valence-electron chi connectivity index (χ0n) is 7.94. The number of nitrogens with two attached hydrogens (primary N) is 1. The molecule has 0 spiro atoms. The standard InChI is InChI=1S/C9H6ClN3O3/c10-3-8(14)7-2-6(12)1-5(4-11)9(7)13(15)16/h1-2H,3,12H2. The van der Waals surface area contributed by atoms with E-state index in [2.05, 4.69) is 0 Å². The van der Waals surface area contributed by atoms with Gasteiger partial charge in [0.2, 0.25) is 0 Å². The van der Waals surface area contributed by atoms with Crippen molar-refractivity contribution in [3.8, 4) is 6.07 Å². The number of anilines is 1. The summed E-state index contributed by atoms with van der Waals surface area (Å²) >= 11 is 5.32. The maximum atomic E-state index is 11.4. The highest BCUT2D eigenvalue weighted by Gasteiger charge is 2.24. The maximum Gasteiger partial charge on any atom is 0.298 e. The Morgan fingerprint density at radius 3 is 2.69 bits per heavy atom. The minimum absolute atomic E-state index is 0.107. The summed E-state index contributed by atoms with van der Waals surface area (Å²) in [5, 5.41) is 19.5. The highest BCUT2D eigenvalue weighted by molar-refractivity contribution is 6.31. The third-order valence-corrected chi connectivity index (χ3v) is 2.10. The average molecular weight is 240 g/mol. The van der Waals surface area contributed by atoms with Gasteiger partial charge in [0.15, 0.2) is 5.78 Å². The van der Waals surface area contributed by atoms with Crippen LogP contribution in [0.4, 0.5) is 11.4 Å². The van der Waals surface area contributed by atoms with Crippen molar-refractivity contribution in [3.63, 3.8) is 0 Å². The van der Waals surface area contributed by atoms with Gasteiger partial charge in [0.1, 0.15) is 11.6 Å². The molecule has 0 saturated heterocycles. The lowest BCUT2D eigenvalue weighted by Crippen LogP contribution is -2.08. The van der Waals surface area contributed by atoms with Crippen LogP contribution in [0.3, 0.4) is 0 Å². The predicted molar refractivity (Wildman–Crippen MR) is 57.3 cm³/mol. The van der Waals surface area contributed by atoms with Crippen LogP contribution in [0, 0.1) is 21.4 Å². The minimum atomic E-state index is -0.794. The number of carbonyl (C=O) groups is 1. The molecule has 0 unspecified atom stereocenters. The van der Waals surface area contributed by atoms with Crippen LogP contribution >= 0.6 is 11.6 Å². The number of halogens is 1. The van der Waals surface area contributed by atoms with Crippen LogP contribution in [0.5, 0.6) is 0 Å². The fourth-order valence-corrected chi connectivity index (χ4v) is 1.37. The molecule has 0 heterocycles. The first-order valence-corrected chi connectivity index (χ1v) is 4.62. The number of alkyl halides is 1. The Balaban J connectivity index is 3.58. The summed E-state index contributed by atoms with van der Waals surface area (Å²) in [4.78, 5) is 21.3. The second-order valence-corrected chi connectivity index (χ2v) is 3.16. The lowest BCUT2D eigenvalue weighted by atomic mass is 10.0. The fourth-order valence-electron chi connectivity index (χ4n) is 1.22. The molecule has 0 saturated carbocycles. The Morgan fingerprint density at radius 2 is 2.25 bits per heavy atom. The first kappa shape index (κ1) is 11.9. The highest BCUT2D eigenvalue weighted by Crippen LogP contribution is 2.27. The van der Waals surface area contributed by atoms with Crippen molar-refractivity contribution >= 4 is 28.8 Å². The Bertz CT molecular complexity index is 507. The molecule has 0 fully saturated rings. The summed E-state index contributed by atoms with van der Waals surface area (Å²) in [5.74, 6) is -1.05. The molecule has 0 amide bonds. The lowest BCUT2D eigenvalue weighted by molar-refractivity contribution is -0.385. The minimum Gasteiger partial charge on any atom is -0.399 e. The largest absolute Gasteiger partial charge is 0.399 e. The van der Waals surface area contributed by atoms with Crippen molar-refractivity contribution in [2.24, 2.45) is 0 Å². The average Bonchev–Trinajstić information content (AvgIpc) is 2.26. The van der Waals surface area contributed by atoms with Gasteiger partial charge in [-0.2, -0.15) is 5.26 Å². The molecule has 2 N–H and O–H groups in total. The van der Waals surface area contributed by atoms with Gasteiger partial charge in [0, 0.05) is 5.69 Å². The van der Waals surface area contributed by atoms with Gasteiger partial charge in [-0.3, -0.25) is 14.9 Å². The Hall–Kier alpha value is -2.13. The summed E-state index contributed by atoms with van der Waals surface area (Å²) in [6.07, 6.45) is 0. The second-order valence-electron chi connectivity index (χ2n) is 2.89. The van der Waals surface area contributed by atoms with Crippen molar-refractivity contribution in [3.05, 3.63) is 33.4 Å². The number of benzene rings is 1. The third kappa shape index (κ3) is 2.10. The first-order chi connectivity index (χ1) is 7.51. The number of hydrogen-bond donors (Lipinski definition) is 1. The van der Waals surface area contributed by atoms with E-state index in [1.807, 2.05) is 0 Å². The number of nitriles is 1. The summed E-state index contributed by atoms with van der Waals surface area (Å²) in [5.41, 5.74) is 4.49. The lowest BCUT2D eigenvalue weighted by Gasteiger charge is -2.03. The van der Waals surface area contributed by atoms with Gasteiger partial charge < -0.3 is 5.73 Å². The molecule has 0 atom stereocenters. The van der Waals surface area contributed by atoms with Crippen molar-refractivity contribution < 1.29 is 9.72 Å². The van der Waals surface area contributed by atoms with Crippen LogP contribution in [0.15, 0.2) is 12.1 Å². The number of rotatable bonds is 3. The van der Waals surface area contributed by atoms with E-state index in [9.17, 15) is 14.9 Å². The number of ketones is 1. The molecule has 82 valence electrons. The van der Waals surface area contributed by atoms with E-state index in [0.717, 1.165) is 12.1 Å². The quantitative estimate of drug-likeness (QED) is 0.282. The molecule has 0 aliphatic rings. The molecule has 0 bridgehead atoms. The highest BCUT2D eigenvalue weighted by atomic mass is 35.5. The first-order valence-electron chi connectivity index (χ1n) is 4.08. The van der Waals surface area contributed by atoms with Crippen LogP contribution < -0.4 is 5.73 Å². The van der Waals surface area contributed by atoms with E-state index in [0.29, 0.717) is 0 Å². The van der Waals surface area contributed by atoms with Crippen LogP contribution in [-0.2, 0) is 0 Å². The van der Waals surface area contributed by atoms with Crippen molar-refractivity contribution in [1.29, 1.82) is 5.26 Å². The van der Waals surface area contributed by atoms with Gasteiger partial charge in [-0.15, -0.1) is 11.6 Å². The summed E-state index contributed by atoms with van der Waals surface area (Å²) in [7, 11) is 0. The van der Waals surface area contributed by atoms with Gasteiger partial charge in [0.05, 0.1) is 16.4 Å². The molecular formula is C9H6ClN3O3. The summed E-state index contributed by atoms with van der Waals surface area (Å²) in [6.45, 7) is 0. The Labute approximate surface area is 95.4 Å². The molecule has 1 aromatic rings. The maximum absolute atomic E-state index is 11.4. The van der Waals surface area contributed by atoms with Crippen LogP contribution in [0.1, 0.15) is 15.9 Å². The number of nitrogens with zero attached hydrogens (tertiary/aromatic N) is 2. The molecule has 0 radical (unpaired) electrons. The molecule has 6 nitrogen and oxygen atoms in total. The van der Waals surface area contributed by atoms with E-state index in [4.69, 9.17) is 22.6 Å². The molecule has 0 aliphatic carbocycles. The SMILES string of the molecule is N#Cc1cc(N)cc(C(=O)CCl)c1[N+](=O)[O-]. The van der Waals surface area contributed by atoms with E-state index in [-0.39, 0.29) is 16.8 Å². The van der Waals surface area contributed by atoms with E-state index < -0.39 is 22.3 Å². The van der Waals surface area contributed by atoms with Gasteiger partial charge in [0.25, 0.3) is 5.69 Å². The van der Waals surface area contributed by atoms with Crippen LogP contribution in [0.2, 0.25) is 0 Å². The number of hydrogen-bond acceptors (Lipinski definition) is 5. The molecule has 0 aliphatic heterocycles. The summed E-state index contributed by atoms with van der Waals surface area (Å²) < 4.78 is 0. The van der Waals surface area contributed by atoms with E-state index >= 15 is 0 Å². The number of nitro groups is 1.